The van der Waals surface area contributed by atoms with E-state index in [2.05, 4.69) is 50.3 Å². The fraction of sp³-hybridized carbons (Fsp3) is 0.831. The van der Waals surface area contributed by atoms with E-state index in [4.69, 9.17) is 11.5 Å². The van der Waals surface area contributed by atoms with E-state index in [9.17, 15) is 0 Å². The van der Waals surface area contributed by atoms with E-state index in [0.29, 0.717) is 5.92 Å². The van der Waals surface area contributed by atoms with E-state index in [1.54, 1.807) is 0 Å². The molecule has 61 heavy (non-hydrogen) atoms. The van der Waals surface area contributed by atoms with E-state index < -0.39 is 0 Å². The normalized spacial score (nSPS) is 36.0. The summed E-state index contributed by atoms with van der Waals surface area (Å²) in [4.78, 5) is 0. The molecule has 1 aromatic carbocycles. The van der Waals surface area contributed by atoms with Crippen molar-refractivity contribution in [3.05, 3.63) is 48.1 Å². The van der Waals surface area contributed by atoms with E-state index in [1.165, 1.54) is 224 Å². The van der Waals surface area contributed by atoms with Crippen molar-refractivity contribution >= 4 is 11.4 Å². The molecule has 1 aromatic rings. The highest BCUT2D eigenvalue weighted by Crippen LogP contribution is 2.45. The fourth-order valence-electron chi connectivity index (χ4n) is 15.0. The van der Waals surface area contributed by atoms with E-state index in [-0.39, 0.29) is 0 Å². The van der Waals surface area contributed by atoms with Gasteiger partial charge in [0.25, 0.3) is 0 Å². The van der Waals surface area contributed by atoms with Crippen LogP contribution >= 0.6 is 0 Å². The van der Waals surface area contributed by atoms with Gasteiger partial charge in [-0.25, -0.2) is 0 Å². The highest BCUT2D eigenvalue weighted by molar-refractivity contribution is 5.55. The zero-order chi connectivity index (χ0) is 42.2. The Morgan fingerprint density at radius 2 is 0.672 bits per heavy atom. The van der Waals surface area contributed by atoms with Gasteiger partial charge in [-0.05, 0) is 242 Å². The molecule has 0 unspecified atom stereocenters. The summed E-state index contributed by atoms with van der Waals surface area (Å²) in [6.45, 7) is 4.74. The van der Waals surface area contributed by atoms with Crippen molar-refractivity contribution in [2.45, 2.75) is 238 Å². The van der Waals surface area contributed by atoms with Crippen LogP contribution in [-0.4, -0.2) is 0 Å². The average molecular weight is 835 g/mol. The van der Waals surface area contributed by atoms with Crippen LogP contribution in [0, 0.1) is 71.0 Å². The number of hydrogen-bond donors (Lipinski definition) is 2. The monoisotopic (exact) mass is 835 g/mol. The Kier molecular flexibility index (Phi) is 19.5. The van der Waals surface area contributed by atoms with Crippen LogP contribution in [0.3, 0.4) is 0 Å². The third kappa shape index (κ3) is 15.2. The first-order chi connectivity index (χ1) is 29.9. The van der Waals surface area contributed by atoms with Gasteiger partial charge in [0.2, 0.25) is 0 Å². The van der Waals surface area contributed by atoms with Crippen LogP contribution in [0.5, 0.6) is 0 Å². The van der Waals surface area contributed by atoms with Gasteiger partial charge < -0.3 is 11.5 Å². The van der Waals surface area contributed by atoms with Gasteiger partial charge in [-0.3, -0.25) is 0 Å². The highest BCUT2D eigenvalue weighted by Gasteiger charge is 2.32. The standard InChI is InChI=1S/C59H98N2/c1-3-7-44-25-33-53(34-26-44)55-37-29-50(30-38-55)23-21-48-17-13-46(14-18-48)9-5-11-52(57-41-58(60)43-59(61)42-57)12-6-10-47-15-19-49(20-16-47)22-24-51-31-39-56(40-32-51)54-35-27-45(8-4-2)28-36-54/h21-24,41-56H,3-20,25-40,60-61H2,1-2H3/b23-21+,24-22+. The highest BCUT2D eigenvalue weighted by atomic mass is 14.6. The molecule has 0 aliphatic heterocycles. The van der Waals surface area contributed by atoms with Crippen molar-refractivity contribution in [3.8, 4) is 0 Å². The lowest BCUT2D eigenvalue weighted by atomic mass is 9.68. The molecule has 0 amide bonds. The minimum absolute atomic E-state index is 0.599. The van der Waals surface area contributed by atoms with Crippen LogP contribution in [0.2, 0.25) is 0 Å². The topological polar surface area (TPSA) is 52.0 Å². The summed E-state index contributed by atoms with van der Waals surface area (Å²) < 4.78 is 0. The zero-order valence-electron chi connectivity index (χ0n) is 40.2. The van der Waals surface area contributed by atoms with Crippen LogP contribution in [0.1, 0.15) is 244 Å². The van der Waals surface area contributed by atoms with Gasteiger partial charge in [0.1, 0.15) is 0 Å². The summed E-state index contributed by atoms with van der Waals surface area (Å²) >= 11 is 0. The molecule has 2 nitrogen and oxygen atoms in total. The number of hydrogen-bond acceptors (Lipinski definition) is 2. The Labute approximate surface area is 378 Å². The lowest BCUT2D eigenvalue weighted by molar-refractivity contribution is 0.152. The summed E-state index contributed by atoms with van der Waals surface area (Å²) in [5, 5.41) is 0. The first kappa shape index (κ1) is 47.3. The molecule has 6 saturated carbocycles. The predicted octanol–water partition coefficient (Wildman–Crippen LogP) is 17.8. The maximum atomic E-state index is 6.37. The molecular weight excluding hydrogens is 737 g/mol. The van der Waals surface area contributed by atoms with Crippen molar-refractivity contribution in [1.29, 1.82) is 0 Å². The second-order valence-electron chi connectivity index (χ2n) is 23.3. The van der Waals surface area contributed by atoms with Crippen molar-refractivity contribution in [1.82, 2.24) is 0 Å². The minimum atomic E-state index is 0.599. The van der Waals surface area contributed by atoms with E-state index in [0.717, 1.165) is 82.4 Å². The molecule has 0 radical (unpaired) electrons. The van der Waals surface area contributed by atoms with E-state index >= 15 is 0 Å². The number of anilines is 2. The average Bonchev–Trinajstić information content (AvgIpc) is 3.29. The van der Waals surface area contributed by atoms with Gasteiger partial charge >= 0.3 is 0 Å². The Morgan fingerprint density at radius 1 is 0.393 bits per heavy atom. The molecule has 0 saturated heterocycles. The molecule has 0 bridgehead atoms. The molecule has 0 spiro atoms. The molecule has 0 atom stereocenters. The lowest BCUT2D eigenvalue weighted by Crippen LogP contribution is -2.25. The van der Waals surface area contributed by atoms with Crippen molar-refractivity contribution < 1.29 is 0 Å². The summed E-state index contributed by atoms with van der Waals surface area (Å²) in [5.41, 5.74) is 15.8. The van der Waals surface area contributed by atoms with Gasteiger partial charge in [0, 0.05) is 11.4 Å². The Hall–Kier alpha value is -1.70. The number of rotatable bonds is 19. The van der Waals surface area contributed by atoms with Gasteiger partial charge in [-0.1, -0.05) is 115 Å². The summed E-state index contributed by atoms with van der Waals surface area (Å²) in [6.07, 6.45) is 60.2. The Morgan fingerprint density at radius 3 is 1.00 bits per heavy atom. The van der Waals surface area contributed by atoms with E-state index in [1.807, 2.05) is 6.07 Å². The third-order valence-corrected chi connectivity index (χ3v) is 19.0. The fourth-order valence-corrected chi connectivity index (χ4v) is 15.0. The second kappa shape index (κ2) is 25.1. The predicted molar refractivity (Wildman–Crippen MR) is 266 cm³/mol. The van der Waals surface area contributed by atoms with Crippen molar-refractivity contribution in [2.75, 3.05) is 11.5 Å². The Bertz CT molecular complexity index is 1290. The van der Waals surface area contributed by atoms with Gasteiger partial charge in [0.05, 0.1) is 0 Å². The third-order valence-electron chi connectivity index (χ3n) is 19.0. The number of nitrogens with two attached hydrogens (primary N) is 2. The van der Waals surface area contributed by atoms with Crippen LogP contribution in [0.25, 0.3) is 0 Å². The molecule has 344 valence electrons. The lowest BCUT2D eigenvalue weighted by Gasteiger charge is -2.37. The second-order valence-corrected chi connectivity index (χ2v) is 23.3. The van der Waals surface area contributed by atoms with Gasteiger partial charge in [-0.15, -0.1) is 0 Å². The summed E-state index contributed by atoms with van der Waals surface area (Å²) in [7, 11) is 0. The maximum Gasteiger partial charge on any atom is 0.0337 e. The molecule has 0 heterocycles. The van der Waals surface area contributed by atoms with Crippen LogP contribution in [-0.2, 0) is 0 Å². The molecule has 2 heteroatoms. The minimum Gasteiger partial charge on any atom is -0.399 e. The van der Waals surface area contributed by atoms with Gasteiger partial charge in [-0.2, -0.15) is 0 Å². The number of allylic oxidation sites excluding steroid dienone is 4. The van der Waals surface area contributed by atoms with Gasteiger partial charge in [0.15, 0.2) is 0 Å². The molecule has 4 N–H and O–H groups in total. The first-order valence-electron chi connectivity index (χ1n) is 27.9. The smallest absolute Gasteiger partial charge is 0.0337 e. The summed E-state index contributed by atoms with van der Waals surface area (Å²) in [5.74, 6) is 12.2. The maximum absolute atomic E-state index is 6.37. The molecule has 0 aromatic heterocycles. The molecule has 6 fully saturated rings. The van der Waals surface area contributed by atoms with Crippen molar-refractivity contribution in [2.24, 2.45) is 71.0 Å². The number of nitrogen functional groups attached to an aromatic ring is 2. The summed E-state index contributed by atoms with van der Waals surface area (Å²) in [6, 6.07) is 6.42. The molecule has 6 aliphatic rings. The zero-order valence-corrected chi connectivity index (χ0v) is 40.2. The molecule has 6 aliphatic carbocycles. The van der Waals surface area contributed by atoms with Crippen LogP contribution in [0.15, 0.2) is 42.5 Å². The van der Waals surface area contributed by atoms with Crippen LogP contribution in [0.4, 0.5) is 11.4 Å². The number of benzene rings is 1. The molecule has 7 rings (SSSR count). The Balaban J connectivity index is 0.760. The molecular formula is C59H98N2. The van der Waals surface area contributed by atoms with Crippen molar-refractivity contribution in [3.63, 3.8) is 0 Å². The first-order valence-corrected chi connectivity index (χ1v) is 27.9. The largest absolute Gasteiger partial charge is 0.399 e. The SMILES string of the molecule is CCCC1CCC(C2CCC(/C=C/C3CCC(CCCC(CCCC4CCC(/C=C/C5CCC(C6CCC(CCC)CC6)CC5)CC4)c4cc(N)cc(N)c4)CC3)CC2)CC1. The van der Waals surface area contributed by atoms with Crippen LogP contribution < -0.4 is 11.5 Å². The quantitative estimate of drug-likeness (QED) is 0.108.